The normalized spacial score (nSPS) is 10.5. The van der Waals surface area contributed by atoms with Crippen molar-refractivity contribution in [2.24, 2.45) is 0 Å². The molecule has 7 heteroatoms. The summed E-state index contributed by atoms with van der Waals surface area (Å²) in [6.07, 6.45) is 3.44. The van der Waals surface area contributed by atoms with E-state index in [1.165, 1.54) is 18.2 Å². The van der Waals surface area contributed by atoms with Crippen LogP contribution in [0, 0.1) is 18.6 Å². The first kappa shape index (κ1) is 15.8. The fourth-order valence-electron chi connectivity index (χ4n) is 2.16. The smallest absolute Gasteiger partial charge is 0.149 e. The molecule has 2 heterocycles. The molecular weight excluding hydrogens is 312 g/mol. The van der Waals surface area contributed by atoms with E-state index in [1.54, 1.807) is 25.4 Å². The minimum Gasteiger partial charge on any atom is -0.366 e. The Morgan fingerprint density at radius 2 is 1.75 bits per heavy atom. The number of aromatic nitrogens is 3. The zero-order valence-corrected chi connectivity index (χ0v) is 12.9. The van der Waals surface area contributed by atoms with Gasteiger partial charge in [-0.05, 0) is 30.7 Å². The molecule has 3 rings (SSSR count). The van der Waals surface area contributed by atoms with Crippen LogP contribution in [0.2, 0.25) is 0 Å². The number of nitrogens with zero attached hydrogens (tertiary/aromatic N) is 3. The molecule has 0 fully saturated rings. The molecule has 24 heavy (non-hydrogen) atoms. The molecule has 0 aliphatic heterocycles. The Kier molecular flexibility index (Phi) is 4.60. The Morgan fingerprint density at radius 1 is 1.00 bits per heavy atom. The van der Waals surface area contributed by atoms with E-state index in [2.05, 4.69) is 25.6 Å². The van der Waals surface area contributed by atoms with Crippen molar-refractivity contribution in [2.45, 2.75) is 13.5 Å². The molecule has 0 radical (unpaired) electrons. The largest absolute Gasteiger partial charge is 0.366 e. The van der Waals surface area contributed by atoms with Crippen LogP contribution in [0.5, 0.6) is 0 Å². The van der Waals surface area contributed by atoms with Crippen LogP contribution < -0.4 is 10.6 Å². The van der Waals surface area contributed by atoms with Gasteiger partial charge in [0.2, 0.25) is 0 Å². The van der Waals surface area contributed by atoms with Crippen LogP contribution >= 0.6 is 0 Å². The van der Waals surface area contributed by atoms with Gasteiger partial charge < -0.3 is 10.6 Å². The molecule has 2 N–H and O–H groups in total. The average Bonchev–Trinajstić information content (AvgIpc) is 2.57. The van der Waals surface area contributed by atoms with Crippen LogP contribution in [-0.4, -0.2) is 15.0 Å². The van der Waals surface area contributed by atoms with Crippen molar-refractivity contribution >= 4 is 17.3 Å². The summed E-state index contributed by atoms with van der Waals surface area (Å²) in [5.41, 5.74) is 0.747. The van der Waals surface area contributed by atoms with E-state index in [9.17, 15) is 8.78 Å². The molecule has 0 atom stereocenters. The highest BCUT2D eigenvalue weighted by Gasteiger charge is 2.10. The molecule has 1 aromatic carbocycles. The van der Waals surface area contributed by atoms with Crippen LogP contribution in [0.25, 0.3) is 0 Å². The summed E-state index contributed by atoms with van der Waals surface area (Å²) in [6.45, 7) is 2.23. The van der Waals surface area contributed by atoms with E-state index in [-0.39, 0.29) is 5.69 Å². The fourth-order valence-corrected chi connectivity index (χ4v) is 2.16. The van der Waals surface area contributed by atoms with Gasteiger partial charge in [0, 0.05) is 25.0 Å². The van der Waals surface area contributed by atoms with Gasteiger partial charge in [0.25, 0.3) is 0 Å². The van der Waals surface area contributed by atoms with Gasteiger partial charge >= 0.3 is 0 Å². The number of hydrogen-bond acceptors (Lipinski definition) is 5. The quantitative estimate of drug-likeness (QED) is 0.746. The number of nitrogens with one attached hydrogen (secondary N) is 2. The van der Waals surface area contributed by atoms with Crippen LogP contribution in [0.1, 0.15) is 11.4 Å². The number of anilines is 3. The van der Waals surface area contributed by atoms with Crippen molar-refractivity contribution in [3.8, 4) is 0 Å². The Hall–Kier alpha value is -3.09. The number of hydrogen-bond donors (Lipinski definition) is 2. The second kappa shape index (κ2) is 6.99. The molecular formula is C17H15F2N5. The minimum absolute atomic E-state index is 0.242. The van der Waals surface area contributed by atoms with Gasteiger partial charge in [-0.15, -0.1) is 0 Å². The first-order valence-electron chi connectivity index (χ1n) is 7.31. The van der Waals surface area contributed by atoms with Crippen molar-refractivity contribution in [1.82, 2.24) is 15.0 Å². The topological polar surface area (TPSA) is 62.7 Å². The number of rotatable bonds is 5. The van der Waals surface area contributed by atoms with E-state index < -0.39 is 11.6 Å². The third-order valence-corrected chi connectivity index (χ3v) is 3.25. The predicted molar refractivity (Wildman–Crippen MR) is 88.0 cm³/mol. The lowest BCUT2D eigenvalue weighted by atomic mass is 10.3. The summed E-state index contributed by atoms with van der Waals surface area (Å²) in [6, 6.07) is 9.04. The third kappa shape index (κ3) is 3.81. The zero-order valence-electron chi connectivity index (χ0n) is 12.9. The van der Waals surface area contributed by atoms with Crippen LogP contribution in [0.3, 0.4) is 0 Å². The monoisotopic (exact) mass is 327 g/mol. The van der Waals surface area contributed by atoms with E-state index in [0.29, 0.717) is 24.0 Å². The van der Waals surface area contributed by atoms with Gasteiger partial charge in [0.15, 0.2) is 0 Å². The molecule has 0 unspecified atom stereocenters. The van der Waals surface area contributed by atoms with E-state index in [0.717, 1.165) is 5.56 Å². The molecule has 0 aliphatic rings. The van der Waals surface area contributed by atoms with Crippen molar-refractivity contribution in [2.75, 3.05) is 10.6 Å². The lowest BCUT2D eigenvalue weighted by molar-refractivity contribution is 0.590. The molecule has 0 amide bonds. The number of benzene rings is 1. The summed E-state index contributed by atoms with van der Waals surface area (Å²) < 4.78 is 27.5. The summed E-state index contributed by atoms with van der Waals surface area (Å²) in [5.74, 6) is -0.0384. The molecule has 0 bridgehead atoms. The van der Waals surface area contributed by atoms with E-state index in [4.69, 9.17) is 0 Å². The summed E-state index contributed by atoms with van der Waals surface area (Å²) in [7, 11) is 0. The lowest BCUT2D eigenvalue weighted by Crippen LogP contribution is -2.06. The van der Waals surface area contributed by atoms with Gasteiger partial charge in [0.1, 0.15) is 34.8 Å². The van der Waals surface area contributed by atoms with Crippen molar-refractivity contribution < 1.29 is 8.78 Å². The van der Waals surface area contributed by atoms with Gasteiger partial charge in [-0.3, -0.25) is 4.98 Å². The Labute approximate surface area is 137 Å². The molecule has 2 aromatic heterocycles. The maximum atomic E-state index is 13.7. The van der Waals surface area contributed by atoms with Crippen molar-refractivity contribution in [1.29, 1.82) is 0 Å². The SMILES string of the molecule is Cc1nc(NCc2cccnc2)cc(Nc2c(F)cccc2F)n1. The van der Waals surface area contributed by atoms with Gasteiger partial charge in [-0.1, -0.05) is 12.1 Å². The Morgan fingerprint density at radius 3 is 2.46 bits per heavy atom. The summed E-state index contributed by atoms with van der Waals surface area (Å²) >= 11 is 0. The molecule has 0 spiro atoms. The highest BCUT2D eigenvalue weighted by Crippen LogP contribution is 2.23. The first-order valence-corrected chi connectivity index (χ1v) is 7.31. The second-order valence-corrected chi connectivity index (χ2v) is 5.12. The van der Waals surface area contributed by atoms with E-state index >= 15 is 0 Å². The standard InChI is InChI=1S/C17H15F2N5/c1-11-22-15(21-10-12-4-3-7-20-9-12)8-16(23-11)24-17-13(18)5-2-6-14(17)19/h2-9H,10H2,1H3,(H2,21,22,23,24). The van der Waals surface area contributed by atoms with Gasteiger partial charge in [-0.25, -0.2) is 18.7 Å². The van der Waals surface area contributed by atoms with Crippen LogP contribution in [0.4, 0.5) is 26.1 Å². The van der Waals surface area contributed by atoms with Crippen LogP contribution in [0.15, 0.2) is 48.8 Å². The highest BCUT2D eigenvalue weighted by molar-refractivity contribution is 5.60. The summed E-state index contributed by atoms with van der Waals surface area (Å²) in [5, 5.41) is 5.80. The zero-order chi connectivity index (χ0) is 16.9. The fraction of sp³-hybridized carbons (Fsp3) is 0.118. The lowest BCUT2D eigenvalue weighted by Gasteiger charge is -2.11. The van der Waals surface area contributed by atoms with Crippen molar-refractivity contribution in [3.63, 3.8) is 0 Å². The maximum Gasteiger partial charge on any atom is 0.149 e. The highest BCUT2D eigenvalue weighted by atomic mass is 19.1. The molecule has 0 saturated heterocycles. The molecule has 122 valence electrons. The van der Waals surface area contributed by atoms with Gasteiger partial charge in [0.05, 0.1) is 0 Å². The number of para-hydroxylation sites is 1. The first-order chi connectivity index (χ1) is 11.6. The summed E-state index contributed by atoms with van der Waals surface area (Å²) in [4.78, 5) is 12.5. The number of aryl methyl sites for hydroxylation is 1. The van der Waals surface area contributed by atoms with E-state index in [1.807, 2.05) is 12.1 Å². The van der Waals surface area contributed by atoms with Crippen molar-refractivity contribution in [3.05, 3.63) is 71.8 Å². The minimum atomic E-state index is -0.684. The average molecular weight is 327 g/mol. The predicted octanol–water partition coefficient (Wildman–Crippen LogP) is 3.81. The number of pyridine rings is 1. The Bertz CT molecular complexity index is 819. The third-order valence-electron chi connectivity index (χ3n) is 3.25. The van der Waals surface area contributed by atoms with Crippen LogP contribution in [-0.2, 0) is 6.54 Å². The molecule has 5 nitrogen and oxygen atoms in total. The maximum absolute atomic E-state index is 13.7. The second-order valence-electron chi connectivity index (χ2n) is 5.12. The number of halogens is 2. The van der Waals surface area contributed by atoms with Gasteiger partial charge in [-0.2, -0.15) is 0 Å². The molecule has 0 saturated carbocycles. The molecule has 0 aliphatic carbocycles. The Balaban J connectivity index is 1.79. The molecule has 3 aromatic rings.